The van der Waals surface area contributed by atoms with Crippen molar-refractivity contribution < 1.29 is 13.2 Å². The molecule has 0 bridgehead atoms. The molecule has 116 valence electrons. The number of para-hydroxylation sites is 1. The number of fused-ring (bicyclic) bond motifs is 1. The van der Waals surface area contributed by atoms with Gasteiger partial charge in [-0.2, -0.15) is 0 Å². The van der Waals surface area contributed by atoms with Gasteiger partial charge in [0.15, 0.2) is 0 Å². The fourth-order valence-corrected chi connectivity index (χ4v) is 3.11. The zero-order valence-corrected chi connectivity index (χ0v) is 12.7. The highest BCUT2D eigenvalue weighted by Gasteiger charge is 2.17. The molecule has 0 saturated heterocycles. The summed E-state index contributed by atoms with van der Waals surface area (Å²) >= 11 is 0. The van der Waals surface area contributed by atoms with Gasteiger partial charge in [-0.05, 0) is 12.1 Å². The Morgan fingerprint density at radius 3 is 2.81 bits per heavy atom. The van der Waals surface area contributed by atoms with Crippen LogP contribution in [0.5, 0.6) is 0 Å². The first kappa shape index (κ1) is 15.6. The fourth-order valence-electron chi connectivity index (χ4n) is 2.15. The Kier molecular flexibility index (Phi) is 5.03. The van der Waals surface area contributed by atoms with Crippen molar-refractivity contribution in [3.63, 3.8) is 0 Å². The summed E-state index contributed by atoms with van der Waals surface area (Å²) in [4.78, 5) is 12.2. The summed E-state index contributed by atoms with van der Waals surface area (Å²) in [6.45, 7) is 3.68. The third kappa shape index (κ3) is 4.08. The molecule has 1 amide bonds. The average molecular weight is 312 g/mol. The van der Waals surface area contributed by atoms with Gasteiger partial charge in [0, 0.05) is 26.2 Å². The number of anilines is 2. The Hall–Kier alpha value is -1.80. The predicted octanol–water partition coefficient (Wildman–Crippen LogP) is 0.193. The van der Waals surface area contributed by atoms with Crippen LogP contribution < -0.4 is 20.7 Å². The van der Waals surface area contributed by atoms with Gasteiger partial charge in [0.1, 0.15) is 0 Å². The van der Waals surface area contributed by atoms with Gasteiger partial charge in [-0.25, -0.2) is 13.1 Å². The maximum absolute atomic E-state index is 12.2. The van der Waals surface area contributed by atoms with Crippen LogP contribution in [0.25, 0.3) is 0 Å². The number of sulfonamides is 1. The summed E-state index contributed by atoms with van der Waals surface area (Å²) in [7, 11) is -3.32. The Morgan fingerprint density at radius 2 is 2.05 bits per heavy atom. The molecule has 0 fully saturated rings. The summed E-state index contributed by atoms with van der Waals surface area (Å²) in [5, 5.41) is 9.03. The smallest absolute Gasteiger partial charge is 0.253 e. The van der Waals surface area contributed by atoms with Crippen LogP contribution in [-0.4, -0.2) is 46.3 Å². The van der Waals surface area contributed by atoms with Gasteiger partial charge in [0.25, 0.3) is 5.91 Å². The zero-order valence-electron chi connectivity index (χ0n) is 11.9. The topological polar surface area (TPSA) is 99.3 Å². The Labute approximate surface area is 124 Å². The second-order valence-corrected chi connectivity index (χ2v) is 6.58. The van der Waals surface area contributed by atoms with E-state index in [1.807, 2.05) is 6.07 Å². The molecule has 1 heterocycles. The molecule has 7 nitrogen and oxygen atoms in total. The van der Waals surface area contributed by atoms with Crippen LogP contribution in [0.15, 0.2) is 18.2 Å². The molecule has 1 aliphatic rings. The molecule has 0 unspecified atom stereocenters. The largest absolute Gasteiger partial charge is 0.382 e. The number of hydrogen-bond donors (Lipinski definition) is 4. The number of amides is 1. The van der Waals surface area contributed by atoms with Gasteiger partial charge < -0.3 is 16.0 Å². The zero-order chi connectivity index (χ0) is 15.3. The minimum Gasteiger partial charge on any atom is -0.382 e. The Balaban J connectivity index is 1.98. The van der Waals surface area contributed by atoms with E-state index in [1.54, 1.807) is 19.1 Å². The molecular formula is C13H20N4O3S. The maximum Gasteiger partial charge on any atom is 0.253 e. The standard InChI is InChI=1S/C13H20N4O3S/c1-2-17-21(19,20)9-8-16-13(18)10-4-3-5-11-12(10)15-7-6-14-11/h3-5,14-15,17H,2,6-9H2,1H3,(H,16,18). The second-order valence-electron chi connectivity index (χ2n) is 4.65. The van der Waals surface area contributed by atoms with Gasteiger partial charge >= 0.3 is 0 Å². The van der Waals surface area contributed by atoms with E-state index < -0.39 is 10.0 Å². The van der Waals surface area contributed by atoms with Crippen molar-refractivity contribution in [2.45, 2.75) is 6.92 Å². The molecule has 4 N–H and O–H groups in total. The monoisotopic (exact) mass is 312 g/mol. The highest BCUT2D eigenvalue weighted by molar-refractivity contribution is 7.89. The number of nitrogens with one attached hydrogen (secondary N) is 4. The number of carbonyl (C=O) groups is 1. The molecule has 8 heteroatoms. The van der Waals surface area contributed by atoms with E-state index in [4.69, 9.17) is 0 Å². The van der Waals surface area contributed by atoms with E-state index in [2.05, 4.69) is 20.7 Å². The lowest BCUT2D eigenvalue weighted by Crippen LogP contribution is -2.35. The minimum absolute atomic E-state index is 0.0747. The average Bonchev–Trinajstić information content (AvgIpc) is 2.46. The van der Waals surface area contributed by atoms with Crippen molar-refractivity contribution in [3.05, 3.63) is 23.8 Å². The van der Waals surface area contributed by atoms with Crippen molar-refractivity contribution in [2.24, 2.45) is 0 Å². The Bertz CT molecular complexity index is 616. The number of benzene rings is 1. The van der Waals surface area contributed by atoms with Crippen LogP contribution in [-0.2, 0) is 10.0 Å². The summed E-state index contributed by atoms with van der Waals surface area (Å²) < 4.78 is 25.4. The van der Waals surface area contributed by atoms with Crippen molar-refractivity contribution >= 4 is 27.3 Å². The lowest BCUT2D eigenvalue weighted by atomic mass is 10.1. The summed E-state index contributed by atoms with van der Waals surface area (Å²) in [5.41, 5.74) is 2.16. The highest BCUT2D eigenvalue weighted by Crippen LogP contribution is 2.28. The third-order valence-electron chi connectivity index (χ3n) is 3.07. The quantitative estimate of drug-likeness (QED) is 0.601. The van der Waals surface area contributed by atoms with Crippen LogP contribution in [0.2, 0.25) is 0 Å². The van der Waals surface area contributed by atoms with Gasteiger partial charge in [-0.1, -0.05) is 13.0 Å². The highest BCUT2D eigenvalue weighted by atomic mass is 32.2. The van der Waals surface area contributed by atoms with E-state index in [0.717, 1.165) is 24.5 Å². The van der Waals surface area contributed by atoms with Crippen molar-refractivity contribution in [3.8, 4) is 0 Å². The molecule has 0 radical (unpaired) electrons. The first-order valence-corrected chi connectivity index (χ1v) is 8.55. The third-order valence-corrected chi connectivity index (χ3v) is 4.54. The van der Waals surface area contributed by atoms with Crippen LogP contribution in [0.4, 0.5) is 11.4 Å². The summed E-state index contributed by atoms with van der Waals surface area (Å²) in [5.74, 6) is -0.414. The van der Waals surface area contributed by atoms with E-state index in [9.17, 15) is 13.2 Å². The van der Waals surface area contributed by atoms with Crippen LogP contribution in [0.3, 0.4) is 0 Å². The SMILES string of the molecule is CCNS(=O)(=O)CCNC(=O)c1cccc2c1NCCN2. The molecule has 0 aromatic heterocycles. The second kappa shape index (κ2) is 6.77. The van der Waals surface area contributed by atoms with E-state index in [1.165, 1.54) is 0 Å². The molecule has 2 rings (SSSR count). The molecule has 0 saturated carbocycles. The summed E-state index contributed by atoms with van der Waals surface area (Å²) in [6, 6.07) is 5.41. The van der Waals surface area contributed by atoms with E-state index >= 15 is 0 Å². The lowest BCUT2D eigenvalue weighted by molar-refractivity contribution is 0.0957. The molecule has 0 spiro atoms. The molecule has 0 aliphatic carbocycles. The van der Waals surface area contributed by atoms with Crippen LogP contribution in [0, 0.1) is 0 Å². The molecule has 1 aliphatic heterocycles. The van der Waals surface area contributed by atoms with Crippen LogP contribution in [0.1, 0.15) is 17.3 Å². The van der Waals surface area contributed by atoms with Crippen molar-refractivity contribution in [1.29, 1.82) is 0 Å². The molecular weight excluding hydrogens is 292 g/mol. The number of rotatable bonds is 6. The normalized spacial score (nSPS) is 13.8. The maximum atomic E-state index is 12.2. The molecule has 21 heavy (non-hydrogen) atoms. The van der Waals surface area contributed by atoms with E-state index in [0.29, 0.717) is 12.1 Å². The van der Waals surface area contributed by atoms with Crippen LogP contribution >= 0.6 is 0 Å². The lowest BCUT2D eigenvalue weighted by Gasteiger charge is -2.22. The molecule has 1 aromatic carbocycles. The van der Waals surface area contributed by atoms with E-state index in [-0.39, 0.29) is 18.2 Å². The van der Waals surface area contributed by atoms with Gasteiger partial charge in [0.2, 0.25) is 10.0 Å². The molecule has 0 atom stereocenters. The minimum atomic E-state index is -3.32. The van der Waals surface area contributed by atoms with Gasteiger partial charge in [-0.3, -0.25) is 4.79 Å². The predicted molar refractivity (Wildman–Crippen MR) is 83.2 cm³/mol. The first-order valence-electron chi connectivity index (χ1n) is 6.90. The van der Waals surface area contributed by atoms with Gasteiger partial charge in [0.05, 0.1) is 22.7 Å². The summed E-state index contributed by atoms with van der Waals surface area (Å²) in [6.07, 6.45) is 0. The van der Waals surface area contributed by atoms with Gasteiger partial charge in [-0.15, -0.1) is 0 Å². The molecule has 1 aromatic rings. The van der Waals surface area contributed by atoms with Crippen molar-refractivity contribution in [2.75, 3.05) is 42.6 Å². The van der Waals surface area contributed by atoms with Crippen molar-refractivity contribution in [1.82, 2.24) is 10.0 Å². The first-order chi connectivity index (χ1) is 10.0. The number of carbonyl (C=O) groups excluding carboxylic acids is 1. The number of hydrogen-bond acceptors (Lipinski definition) is 5. The Morgan fingerprint density at radius 1 is 1.29 bits per heavy atom. The fraction of sp³-hybridized carbons (Fsp3) is 0.462.